The fourth-order valence-electron chi connectivity index (χ4n) is 0.662. The zero-order valence-electron chi connectivity index (χ0n) is 11.4. The van der Waals surface area contributed by atoms with Crippen LogP contribution >= 0.6 is 8.25 Å². The van der Waals surface area contributed by atoms with Gasteiger partial charge in [-0.2, -0.15) is 0 Å². The van der Waals surface area contributed by atoms with Crippen molar-refractivity contribution in [3.05, 3.63) is 0 Å². The van der Waals surface area contributed by atoms with E-state index in [4.69, 9.17) is 4.89 Å². The normalized spacial score (nSPS) is 10.1. The summed E-state index contributed by atoms with van der Waals surface area (Å²) in [7, 11) is -2.52. The minimum atomic E-state index is -2.52. The second kappa shape index (κ2) is 16.3. The van der Waals surface area contributed by atoms with Gasteiger partial charge >= 0.3 is 14.4 Å². The molecule has 7 heteroatoms. The molecule has 6 nitrogen and oxygen atoms in total. The molecule has 1 N–H and O–H groups in total. The quantitative estimate of drug-likeness (QED) is 0.417. The first-order valence-electron chi connectivity index (χ1n) is 6.16. The maximum Gasteiger partial charge on any atom is 0.694 e. The van der Waals surface area contributed by atoms with Crippen LogP contribution in [0.4, 0.5) is 4.79 Å². The molecule has 18 heavy (non-hydrogen) atoms. The highest BCUT2D eigenvalue weighted by Gasteiger charge is 2.10. The first-order chi connectivity index (χ1) is 8.58. The molecule has 0 amide bonds. The monoisotopic (exact) mass is 283 g/mol. The molecule has 0 aliphatic carbocycles. The number of hydrogen-bond acceptors (Lipinski definition) is 5. The highest BCUT2D eigenvalue weighted by molar-refractivity contribution is 7.32. The molecule has 1 unspecified atom stereocenters. The lowest BCUT2D eigenvalue weighted by Crippen LogP contribution is -2.08. The Balaban J connectivity index is 0. The molecule has 0 heterocycles. The first-order valence-corrected chi connectivity index (χ1v) is 7.30. The Kier molecular flexibility index (Phi) is 17.8. The number of ether oxygens (including phenoxy) is 2. The van der Waals surface area contributed by atoms with Crippen molar-refractivity contribution in [1.82, 2.24) is 0 Å². The molecule has 0 bridgehead atoms. The van der Waals surface area contributed by atoms with Gasteiger partial charge in [0, 0.05) is 4.57 Å². The Bertz CT molecular complexity index is 208. The summed E-state index contributed by atoms with van der Waals surface area (Å²) in [6.07, 6.45) is 3.07. The fraction of sp³-hybridized carbons (Fsp3) is 0.909. The zero-order valence-corrected chi connectivity index (χ0v) is 12.3. The third-order valence-electron chi connectivity index (χ3n) is 1.72. The predicted molar refractivity (Wildman–Crippen MR) is 68.6 cm³/mol. The summed E-state index contributed by atoms with van der Waals surface area (Å²) in [5, 5.41) is 0. The van der Waals surface area contributed by atoms with Crippen LogP contribution in [0.2, 0.25) is 0 Å². The molecule has 0 rings (SSSR count). The van der Waals surface area contributed by atoms with Crippen molar-refractivity contribution in [2.75, 3.05) is 19.8 Å². The van der Waals surface area contributed by atoms with Gasteiger partial charge in [-0.1, -0.05) is 26.7 Å². The number of carbonyl (C=O) groups is 1. The third-order valence-corrected chi connectivity index (χ3v) is 2.13. The second-order valence-corrected chi connectivity index (χ2v) is 4.04. The van der Waals surface area contributed by atoms with Gasteiger partial charge in [0.25, 0.3) is 0 Å². The molecule has 0 saturated carbocycles. The number of carbonyl (C=O) groups excluding carboxylic acids is 1. The molecule has 0 aliphatic heterocycles. The largest absolute Gasteiger partial charge is 0.694 e. The van der Waals surface area contributed by atoms with Crippen LogP contribution in [0.25, 0.3) is 0 Å². The van der Waals surface area contributed by atoms with E-state index in [1.807, 2.05) is 0 Å². The molecule has 0 aromatic heterocycles. The average molecular weight is 283 g/mol. The Hall–Kier alpha value is -0.710. The lowest BCUT2D eigenvalue weighted by atomic mass is 10.3. The van der Waals surface area contributed by atoms with Gasteiger partial charge in [0.1, 0.15) is 6.61 Å². The molecular formula is C11H24O6P+. The van der Waals surface area contributed by atoms with Gasteiger partial charge in [-0.05, 0) is 19.8 Å². The van der Waals surface area contributed by atoms with Gasteiger partial charge in [0.15, 0.2) is 0 Å². The standard InChI is InChI=1S/C7H13O6P.C4H10/c1-2-11-7(8)12-5-3-4-6-13-14(9)10;1-3-4-2/h2-6H2,1H3;3-4H2,1-2H3/p+1. The van der Waals surface area contributed by atoms with Crippen molar-refractivity contribution in [3.8, 4) is 0 Å². The Morgan fingerprint density at radius 1 is 1.06 bits per heavy atom. The van der Waals surface area contributed by atoms with E-state index in [0.29, 0.717) is 12.8 Å². The molecule has 1 atom stereocenters. The van der Waals surface area contributed by atoms with E-state index in [9.17, 15) is 9.36 Å². The first kappa shape index (κ1) is 19.6. The van der Waals surface area contributed by atoms with Crippen LogP contribution in [0.1, 0.15) is 46.5 Å². The van der Waals surface area contributed by atoms with E-state index in [2.05, 4.69) is 27.8 Å². The van der Waals surface area contributed by atoms with Crippen molar-refractivity contribution in [1.29, 1.82) is 0 Å². The summed E-state index contributed by atoms with van der Waals surface area (Å²) >= 11 is 0. The summed E-state index contributed by atoms with van der Waals surface area (Å²) in [4.78, 5) is 18.9. The van der Waals surface area contributed by atoms with Crippen molar-refractivity contribution >= 4 is 14.4 Å². The van der Waals surface area contributed by atoms with Crippen LogP contribution < -0.4 is 0 Å². The van der Waals surface area contributed by atoms with Crippen LogP contribution in [0.3, 0.4) is 0 Å². The molecular weight excluding hydrogens is 259 g/mol. The van der Waals surface area contributed by atoms with Crippen molar-refractivity contribution in [2.24, 2.45) is 0 Å². The highest BCUT2D eigenvalue weighted by Crippen LogP contribution is 2.14. The van der Waals surface area contributed by atoms with Gasteiger partial charge < -0.3 is 9.47 Å². The van der Waals surface area contributed by atoms with E-state index < -0.39 is 14.4 Å². The number of unbranched alkanes of at least 4 members (excludes halogenated alkanes) is 2. The van der Waals surface area contributed by atoms with E-state index in [1.165, 1.54) is 12.8 Å². The van der Waals surface area contributed by atoms with Crippen LogP contribution in [-0.2, 0) is 18.6 Å². The van der Waals surface area contributed by atoms with Gasteiger partial charge in [0.2, 0.25) is 0 Å². The lowest BCUT2D eigenvalue weighted by Gasteiger charge is -2.02. The smallest absolute Gasteiger partial charge is 0.435 e. The highest BCUT2D eigenvalue weighted by atomic mass is 31.1. The van der Waals surface area contributed by atoms with E-state index >= 15 is 0 Å². The van der Waals surface area contributed by atoms with Crippen LogP contribution in [0, 0.1) is 0 Å². The minimum absolute atomic E-state index is 0.178. The number of rotatable bonds is 8. The van der Waals surface area contributed by atoms with Crippen molar-refractivity contribution in [2.45, 2.75) is 46.5 Å². The van der Waals surface area contributed by atoms with E-state index in [1.54, 1.807) is 6.92 Å². The average Bonchev–Trinajstić information content (AvgIpc) is 2.34. The van der Waals surface area contributed by atoms with Crippen molar-refractivity contribution in [3.63, 3.8) is 0 Å². The Morgan fingerprint density at radius 2 is 1.61 bits per heavy atom. The lowest BCUT2D eigenvalue weighted by molar-refractivity contribution is 0.0571. The maximum absolute atomic E-state index is 10.6. The number of hydrogen-bond donors (Lipinski definition) is 1. The molecule has 0 fully saturated rings. The van der Waals surface area contributed by atoms with E-state index in [-0.39, 0.29) is 19.8 Å². The van der Waals surface area contributed by atoms with Crippen molar-refractivity contribution < 1.29 is 28.3 Å². The van der Waals surface area contributed by atoms with Crippen LogP contribution in [-0.4, -0.2) is 30.9 Å². The summed E-state index contributed by atoms with van der Waals surface area (Å²) in [5.74, 6) is 0. The van der Waals surface area contributed by atoms with Crippen LogP contribution in [0.15, 0.2) is 0 Å². The molecule has 0 aliphatic rings. The predicted octanol–water partition coefficient (Wildman–Crippen LogP) is 3.41. The summed E-state index contributed by atoms with van der Waals surface area (Å²) in [6.45, 7) is 6.74. The Morgan fingerprint density at radius 3 is 2.06 bits per heavy atom. The zero-order chi connectivity index (χ0) is 14.2. The molecule has 0 aromatic carbocycles. The molecule has 0 radical (unpaired) electrons. The van der Waals surface area contributed by atoms with Gasteiger partial charge in [-0.3, -0.25) is 0 Å². The van der Waals surface area contributed by atoms with Crippen LogP contribution in [0.5, 0.6) is 0 Å². The minimum Gasteiger partial charge on any atom is -0.435 e. The second-order valence-electron chi connectivity index (χ2n) is 3.31. The summed E-state index contributed by atoms with van der Waals surface area (Å²) < 4.78 is 23.6. The van der Waals surface area contributed by atoms with E-state index in [0.717, 1.165) is 0 Å². The molecule has 0 saturated heterocycles. The topological polar surface area (TPSA) is 82.1 Å². The summed E-state index contributed by atoms with van der Waals surface area (Å²) in [5.41, 5.74) is 0. The molecule has 0 spiro atoms. The van der Waals surface area contributed by atoms with Gasteiger partial charge in [-0.25, -0.2) is 4.79 Å². The molecule has 108 valence electrons. The fourth-order valence-corrected chi connectivity index (χ4v) is 0.947. The maximum atomic E-state index is 10.6. The van der Waals surface area contributed by atoms with Gasteiger partial charge in [0.05, 0.1) is 13.2 Å². The van der Waals surface area contributed by atoms with Gasteiger partial charge in [-0.15, -0.1) is 9.42 Å². The SMILES string of the molecule is CCCC.CCOC(=O)OCCCCO[P+](=O)O. The summed E-state index contributed by atoms with van der Waals surface area (Å²) in [6, 6.07) is 0. The Labute approximate surface area is 110 Å². The molecule has 0 aromatic rings. The third kappa shape index (κ3) is 20.7.